The Morgan fingerprint density at radius 2 is 2.31 bits per heavy atom. The predicted octanol–water partition coefficient (Wildman–Crippen LogP) is 2.69. The van der Waals surface area contributed by atoms with Crippen molar-refractivity contribution in [2.45, 2.75) is 6.92 Å². The zero-order valence-electron chi connectivity index (χ0n) is 7.10. The fraction of sp³-hybridized carbons (Fsp3) is 0.222. The molecule has 0 atom stereocenters. The third-order valence-electron chi connectivity index (χ3n) is 1.51. The van der Waals surface area contributed by atoms with Crippen molar-refractivity contribution < 1.29 is 4.79 Å². The summed E-state index contributed by atoms with van der Waals surface area (Å²) in [6.07, 6.45) is 0. The van der Waals surface area contributed by atoms with Crippen molar-refractivity contribution in [2.24, 2.45) is 0 Å². The van der Waals surface area contributed by atoms with Crippen molar-refractivity contribution in [3.8, 4) is 0 Å². The Morgan fingerprint density at radius 3 is 2.85 bits per heavy atom. The van der Waals surface area contributed by atoms with Gasteiger partial charge in [-0.2, -0.15) is 0 Å². The highest BCUT2D eigenvalue weighted by molar-refractivity contribution is 14.1. The second-order valence-corrected chi connectivity index (χ2v) is 4.14. The Hall–Kier alpha value is -0.290. The second kappa shape index (κ2) is 4.81. The lowest BCUT2D eigenvalue weighted by Crippen LogP contribution is -2.22. The molecule has 0 spiro atoms. The summed E-state index contributed by atoms with van der Waals surface area (Å²) in [6.45, 7) is 2.49. The first kappa shape index (κ1) is 10.8. The molecule has 0 unspecified atom stereocenters. The number of halogens is 2. The molecule has 4 heteroatoms. The number of carbonyl (C=O) groups is 1. The molecule has 0 aliphatic heterocycles. The predicted molar refractivity (Wildman–Crippen MR) is 62.2 cm³/mol. The smallest absolute Gasteiger partial charge is 0.252 e. The average Bonchev–Trinajstić information content (AvgIpc) is 2.04. The normalized spacial score (nSPS) is 9.77. The Kier molecular flexibility index (Phi) is 3.99. The zero-order chi connectivity index (χ0) is 9.84. The van der Waals surface area contributed by atoms with Crippen molar-refractivity contribution in [2.75, 3.05) is 6.54 Å². The van der Waals surface area contributed by atoms with Crippen LogP contribution in [0.2, 0.25) is 5.02 Å². The van der Waals surface area contributed by atoms with Gasteiger partial charge in [0.25, 0.3) is 5.91 Å². The molecular formula is C9H9ClINO. The third kappa shape index (κ3) is 2.84. The first-order valence-electron chi connectivity index (χ1n) is 3.88. The number of carbonyl (C=O) groups excluding carboxylic acids is 1. The molecule has 1 rings (SSSR count). The van der Waals surface area contributed by atoms with Gasteiger partial charge in [0.1, 0.15) is 0 Å². The molecule has 13 heavy (non-hydrogen) atoms. The summed E-state index contributed by atoms with van der Waals surface area (Å²) >= 11 is 8.05. The summed E-state index contributed by atoms with van der Waals surface area (Å²) in [4.78, 5) is 11.4. The lowest BCUT2D eigenvalue weighted by atomic mass is 10.2. The molecule has 1 aromatic carbocycles. The van der Waals surface area contributed by atoms with Crippen LogP contribution in [0.1, 0.15) is 17.3 Å². The minimum Gasteiger partial charge on any atom is -0.352 e. The van der Waals surface area contributed by atoms with Crippen LogP contribution in [0.3, 0.4) is 0 Å². The van der Waals surface area contributed by atoms with E-state index in [4.69, 9.17) is 11.6 Å². The SMILES string of the molecule is CCNC(=O)c1ccc(I)cc1Cl. The molecule has 0 aliphatic carbocycles. The van der Waals surface area contributed by atoms with Gasteiger partial charge in [-0.15, -0.1) is 0 Å². The Balaban J connectivity index is 2.95. The van der Waals surface area contributed by atoms with Crippen LogP contribution in [0.25, 0.3) is 0 Å². The van der Waals surface area contributed by atoms with Gasteiger partial charge in [-0.3, -0.25) is 4.79 Å². The second-order valence-electron chi connectivity index (χ2n) is 2.48. The van der Waals surface area contributed by atoms with E-state index in [1.165, 1.54) is 0 Å². The minimum absolute atomic E-state index is 0.121. The molecule has 70 valence electrons. The average molecular weight is 310 g/mol. The van der Waals surface area contributed by atoms with Crippen LogP contribution in [-0.4, -0.2) is 12.5 Å². The summed E-state index contributed by atoms with van der Waals surface area (Å²) in [5.41, 5.74) is 0.531. The van der Waals surface area contributed by atoms with E-state index in [9.17, 15) is 4.79 Å². The molecule has 0 aromatic heterocycles. The quantitative estimate of drug-likeness (QED) is 0.836. The fourth-order valence-electron chi connectivity index (χ4n) is 0.929. The van der Waals surface area contributed by atoms with Crippen LogP contribution < -0.4 is 5.32 Å². The number of amides is 1. The molecule has 0 saturated heterocycles. The van der Waals surface area contributed by atoms with Crippen LogP contribution in [-0.2, 0) is 0 Å². The Labute approximate surface area is 95.8 Å². The van der Waals surface area contributed by atoms with Crippen molar-refractivity contribution >= 4 is 40.1 Å². The standard InChI is InChI=1S/C9H9ClINO/c1-2-12-9(13)7-4-3-6(11)5-8(7)10/h3-5H,2H2,1H3,(H,12,13). The maximum atomic E-state index is 11.4. The van der Waals surface area contributed by atoms with Gasteiger partial charge >= 0.3 is 0 Å². The van der Waals surface area contributed by atoms with E-state index in [-0.39, 0.29) is 5.91 Å². The van der Waals surface area contributed by atoms with Gasteiger partial charge in [0, 0.05) is 10.1 Å². The van der Waals surface area contributed by atoms with Crippen molar-refractivity contribution in [1.82, 2.24) is 5.32 Å². The number of rotatable bonds is 2. The zero-order valence-corrected chi connectivity index (χ0v) is 10.0. The van der Waals surface area contributed by atoms with E-state index in [2.05, 4.69) is 27.9 Å². The van der Waals surface area contributed by atoms with E-state index in [1.807, 2.05) is 13.0 Å². The molecule has 0 bridgehead atoms. The number of hydrogen-bond acceptors (Lipinski definition) is 1. The largest absolute Gasteiger partial charge is 0.352 e. The van der Waals surface area contributed by atoms with Gasteiger partial charge < -0.3 is 5.32 Å². The topological polar surface area (TPSA) is 29.1 Å². The van der Waals surface area contributed by atoms with E-state index < -0.39 is 0 Å². The van der Waals surface area contributed by atoms with E-state index in [1.54, 1.807) is 12.1 Å². The summed E-state index contributed by atoms with van der Waals surface area (Å²) in [6, 6.07) is 5.36. The summed E-state index contributed by atoms with van der Waals surface area (Å²) in [5.74, 6) is -0.121. The van der Waals surface area contributed by atoms with Gasteiger partial charge in [0.05, 0.1) is 10.6 Å². The molecule has 0 aliphatic rings. The first-order valence-corrected chi connectivity index (χ1v) is 5.34. The van der Waals surface area contributed by atoms with Crippen LogP contribution in [0.4, 0.5) is 0 Å². The Bertz CT molecular complexity index is 327. The van der Waals surface area contributed by atoms with Crippen LogP contribution >= 0.6 is 34.2 Å². The highest BCUT2D eigenvalue weighted by atomic mass is 127. The van der Waals surface area contributed by atoms with Crippen LogP contribution in [0, 0.1) is 3.57 Å². The molecule has 1 amide bonds. The molecular weight excluding hydrogens is 300 g/mol. The molecule has 0 fully saturated rings. The van der Waals surface area contributed by atoms with E-state index >= 15 is 0 Å². The minimum atomic E-state index is -0.121. The number of benzene rings is 1. The molecule has 2 nitrogen and oxygen atoms in total. The van der Waals surface area contributed by atoms with Crippen LogP contribution in [0.5, 0.6) is 0 Å². The summed E-state index contributed by atoms with van der Waals surface area (Å²) in [5, 5.41) is 3.19. The van der Waals surface area contributed by atoms with Crippen molar-refractivity contribution in [1.29, 1.82) is 0 Å². The lowest BCUT2D eigenvalue weighted by molar-refractivity contribution is 0.0956. The van der Waals surface area contributed by atoms with Gasteiger partial charge in [0.15, 0.2) is 0 Å². The molecule has 0 radical (unpaired) electrons. The number of hydrogen-bond donors (Lipinski definition) is 1. The van der Waals surface area contributed by atoms with E-state index in [0.29, 0.717) is 17.1 Å². The van der Waals surface area contributed by atoms with Gasteiger partial charge in [0.2, 0.25) is 0 Å². The highest BCUT2D eigenvalue weighted by Crippen LogP contribution is 2.18. The van der Waals surface area contributed by atoms with Crippen LogP contribution in [0.15, 0.2) is 18.2 Å². The maximum absolute atomic E-state index is 11.4. The van der Waals surface area contributed by atoms with Crippen molar-refractivity contribution in [3.05, 3.63) is 32.4 Å². The maximum Gasteiger partial charge on any atom is 0.252 e. The lowest BCUT2D eigenvalue weighted by Gasteiger charge is -2.04. The van der Waals surface area contributed by atoms with Gasteiger partial charge in [-0.25, -0.2) is 0 Å². The first-order chi connectivity index (χ1) is 6.15. The summed E-state index contributed by atoms with van der Waals surface area (Å²) < 4.78 is 1.02. The molecule has 0 heterocycles. The Morgan fingerprint density at radius 1 is 1.62 bits per heavy atom. The molecule has 1 N–H and O–H groups in total. The highest BCUT2D eigenvalue weighted by Gasteiger charge is 2.08. The molecule has 1 aromatic rings. The van der Waals surface area contributed by atoms with E-state index in [0.717, 1.165) is 3.57 Å². The molecule has 0 saturated carbocycles. The third-order valence-corrected chi connectivity index (χ3v) is 2.50. The monoisotopic (exact) mass is 309 g/mol. The van der Waals surface area contributed by atoms with Crippen molar-refractivity contribution in [3.63, 3.8) is 0 Å². The fourth-order valence-corrected chi connectivity index (χ4v) is 1.87. The van der Waals surface area contributed by atoms with Gasteiger partial charge in [-0.1, -0.05) is 11.6 Å². The summed E-state index contributed by atoms with van der Waals surface area (Å²) in [7, 11) is 0. The van der Waals surface area contributed by atoms with Gasteiger partial charge in [-0.05, 0) is 47.7 Å². The number of nitrogens with one attached hydrogen (secondary N) is 1.